The number of fused-ring (bicyclic) bond motifs is 5. The van der Waals surface area contributed by atoms with Crippen LogP contribution in [-0.4, -0.2) is 11.3 Å². The number of hydrogen-bond donors (Lipinski definition) is 1. The number of nitrogens with one attached hydrogen (secondary N) is 1. The molecule has 128 valence electrons. The third-order valence-corrected chi connectivity index (χ3v) is 7.66. The smallest absolute Gasteiger partial charge is 0.237 e. The summed E-state index contributed by atoms with van der Waals surface area (Å²) < 4.78 is 0. The van der Waals surface area contributed by atoms with Gasteiger partial charge in [0.25, 0.3) is 0 Å². The number of hydrogen-bond acceptors (Lipinski definition) is 2. The molecule has 0 saturated heterocycles. The van der Waals surface area contributed by atoms with Gasteiger partial charge in [-0.2, -0.15) is 5.26 Å². The summed E-state index contributed by atoms with van der Waals surface area (Å²) in [5.41, 5.74) is 0.247. The van der Waals surface area contributed by atoms with Crippen LogP contribution in [-0.2, 0) is 10.2 Å². The molecule has 0 bridgehead atoms. The number of alkyl halides is 1. The van der Waals surface area contributed by atoms with Gasteiger partial charge < -0.3 is 5.32 Å². The zero-order chi connectivity index (χ0) is 18.2. The number of rotatable bonds is 2. The molecule has 1 aromatic rings. The number of benzene rings is 1. The van der Waals surface area contributed by atoms with Crippen LogP contribution >= 0.6 is 11.6 Å². The van der Waals surface area contributed by atoms with E-state index >= 15 is 0 Å². The first-order valence-corrected chi connectivity index (χ1v) is 9.01. The molecule has 1 heterocycles. The first kappa shape index (κ1) is 16.4. The van der Waals surface area contributed by atoms with Crippen molar-refractivity contribution in [3.63, 3.8) is 0 Å². The molecule has 0 radical (unpaired) electrons. The highest BCUT2D eigenvalue weighted by Gasteiger charge is 2.91. The van der Waals surface area contributed by atoms with Crippen LogP contribution in [0.1, 0.15) is 25.8 Å². The van der Waals surface area contributed by atoms with Gasteiger partial charge in [-0.1, -0.05) is 43.4 Å². The second-order valence-corrected chi connectivity index (χ2v) is 8.37. The molecule has 4 heteroatoms. The van der Waals surface area contributed by atoms with Crippen LogP contribution < -0.4 is 5.32 Å². The summed E-state index contributed by atoms with van der Waals surface area (Å²) in [6.45, 7) is 12.1. The Labute approximate surface area is 153 Å². The molecule has 2 saturated carbocycles. The third kappa shape index (κ3) is 1.48. The Morgan fingerprint density at radius 2 is 2.16 bits per heavy atom. The Morgan fingerprint density at radius 3 is 2.76 bits per heavy atom. The van der Waals surface area contributed by atoms with E-state index in [4.69, 9.17) is 11.6 Å². The second kappa shape index (κ2) is 4.77. The molecule has 0 unspecified atom stereocenters. The molecule has 4 rings (SSSR count). The van der Waals surface area contributed by atoms with E-state index in [0.29, 0.717) is 6.42 Å². The molecule has 2 fully saturated rings. The van der Waals surface area contributed by atoms with Crippen molar-refractivity contribution < 1.29 is 4.79 Å². The van der Waals surface area contributed by atoms with E-state index in [1.54, 1.807) is 6.08 Å². The van der Waals surface area contributed by atoms with Gasteiger partial charge in [0.2, 0.25) is 5.91 Å². The summed E-state index contributed by atoms with van der Waals surface area (Å²) in [5, 5.41) is 13.1. The van der Waals surface area contributed by atoms with Crippen molar-refractivity contribution in [3.05, 3.63) is 54.6 Å². The molecule has 1 N–H and O–H groups in total. The Balaban J connectivity index is 2.05. The molecule has 1 spiro atoms. The van der Waals surface area contributed by atoms with E-state index in [9.17, 15) is 10.1 Å². The maximum atomic E-state index is 13.3. The standard InChI is InChI=1S/C21H21ClN2O/c1-5-19(4)16(22)10-13(12(2)3)17-20(19,11-23)21(17)14-8-6-7-9-15(14)24-18(21)25/h5-9,13,16-17H,1-2,10H2,3-4H3,(H,24,25)/t13-,16-,17-,19+,20-,21+/m0/s1. The highest BCUT2D eigenvalue weighted by atomic mass is 35.5. The molecule has 1 aliphatic heterocycles. The van der Waals surface area contributed by atoms with Gasteiger partial charge in [0.1, 0.15) is 5.41 Å². The van der Waals surface area contributed by atoms with Crippen LogP contribution in [0.25, 0.3) is 0 Å². The number of carbonyl (C=O) groups is 1. The van der Waals surface area contributed by atoms with Crippen molar-refractivity contribution in [2.45, 2.75) is 31.1 Å². The number of anilines is 1. The van der Waals surface area contributed by atoms with Crippen molar-refractivity contribution in [1.29, 1.82) is 5.26 Å². The van der Waals surface area contributed by atoms with E-state index in [-0.39, 0.29) is 23.1 Å². The average molecular weight is 353 g/mol. The summed E-state index contributed by atoms with van der Waals surface area (Å²) in [5.74, 6) is -0.193. The molecule has 25 heavy (non-hydrogen) atoms. The first-order valence-electron chi connectivity index (χ1n) is 8.58. The van der Waals surface area contributed by atoms with Crippen LogP contribution in [0, 0.1) is 34.0 Å². The van der Waals surface area contributed by atoms with E-state index in [1.807, 2.05) is 38.1 Å². The van der Waals surface area contributed by atoms with Crippen LogP contribution in [0.2, 0.25) is 0 Å². The average Bonchev–Trinajstić information content (AvgIpc) is 3.13. The second-order valence-electron chi connectivity index (χ2n) is 7.85. The quantitative estimate of drug-likeness (QED) is 0.633. The number of carbonyl (C=O) groups excluding carboxylic acids is 1. The number of nitriles is 1. The fourth-order valence-electron chi connectivity index (χ4n) is 5.75. The topological polar surface area (TPSA) is 52.9 Å². The highest BCUT2D eigenvalue weighted by Crippen LogP contribution is 2.84. The molecule has 1 amide bonds. The summed E-state index contributed by atoms with van der Waals surface area (Å²) in [7, 11) is 0. The van der Waals surface area contributed by atoms with Crippen molar-refractivity contribution >= 4 is 23.2 Å². The normalized spacial score (nSPS) is 43.6. The lowest BCUT2D eigenvalue weighted by Crippen LogP contribution is -2.44. The Hall–Kier alpha value is -2.05. The number of amides is 1. The van der Waals surface area contributed by atoms with Crippen LogP contribution in [0.15, 0.2) is 49.1 Å². The zero-order valence-corrected chi connectivity index (χ0v) is 15.2. The zero-order valence-electron chi connectivity index (χ0n) is 14.5. The predicted molar refractivity (Wildman–Crippen MR) is 99.2 cm³/mol. The minimum atomic E-state index is -0.910. The highest BCUT2D eigenvalue weighted by molar-refractivity contribution is 6.22. The molecular weight excluding hydrogens is 332 g/mol. The Bertz CT molecular complexity index is 871. The number of nitrogens with zero attached hydrogens (tertiary/aromatic N) is 1. The molecular formula is C21H21ClN2O. The van der Waals surface area contributed by atoms with Gasteiger partial charge in [0.05, 0.1) is 11.5 Å². The van der Waals surface area contributed by atoms with Gasteiger partial charge in [-0.05, 0) is 30.9 Å². The minimum absolute atomic E-state index is 0.0343. The maximum Gasteiger partial charge on any atom is 0.237 e. The molecule has 3 nitrogen and oxygen atoms in total. The van der Waals surface area contributed by atoms with E-state index in [1.165, 1.54) is 0 Å². The molecule has 0 aromatic heterocycles. The van der Waals surface area contributed by atoms with Gasteiger partial charge in [-0.3, -0.25) is 4.79 Å². The van der Waals surface area contributed by atoms with E-state index < -0.39 is 16.2 Å². The molecule has 1 aromatic carbocycles. The van der Waals surface area contributed by atoms with Gasteiger partial charge in [-0.15, -0.1) is 18.2 Å². The molecule has 2 aliphatic carbocycles. The maximum absolute atomic E-state index is 13.3. The van der Waals surface area contributed by atoms with Crippen molar-refractivity contribution in [2.75, 3.05) is 5.32 Å². The number of para-hydroxylation sites is 1. The summed E-state index contributed by atoms with van der Waals surface area (Å²) in [4.78, 5) is 13.3. The SMILES string of the molecule is C=C[C@]1(C)[C@@H](Cl)C[C@@H](C(=C)C)[C@H]2[C@]1(C#N)[C@@]21C(=O)Nc2ccccc21. The van der Waals surface area contributed by atoms with Gasteiger partial charge in [0, 0.05) is 22.4 Å². The lowest BCUT2D eigenvalue weighted by atomic mass is 9.61. The van der Waals surface area contributed by atoms with Crippen LogP contribution in [0.5, 0.6) is 0 Å². The lowest BCUT2D eigenvalue weighted by Gasteiger charge is -2.43. The van der Waals surface area contributed by atoms with Crippen LogP contribution in [0.4, 0.5) is 5.69 Å². The Kier molecular flexibility index (Phi) is 3.13. The van der Waals surface area contributed by atoms with E-state index in [0.717, 1.165) is 16.8 Å². The number of allylic oxidation sites excluding steroid dienone is 2. The summed E-state index contributed by atoms with van der Waals surface area (Å²) in [6, 6.07) is 10.2. The minimum Gasteiger partial charge on any atom is -0.325 e. The first-order chi connectivity index (χ1) is 11.8. The Morgan fingerprint density at radius 1 is 1.48 bits per heavy atom. The van der Waals surface area contributed by atoms with Gasteiger partial charge in [0.15, 0.2) is 0 Å². The fraction of sp³-hybridized carbons (Fsp3) is 0.429. The van der Waals surface area contributed by atoms with E-state index in [2.05, 4.69) is 24.5 Å². The van der Waals surface area contributed by atoms with Gasteiger partial charge in [-0.25, -0.2) is 0 Å². The lowest BCUT2D eigenvalue weighted by molar-refractivity contribution is -0.119. The third-order valence-electron chi connectivity index (χ3n) is 7.03. The number of halogens is 1. The largest absolute Gasteiger partial charge is 0.325 e. The summed E-state index contributed by atoms with van der Waals surface area (Å²) in [6.07, 6.45) is 2.49. The van der Waals surface area contributed by atoms with Crippen LogP contribution in [0.3, 0.4) is 0 Å². The van der Waals surface area contributed by atoms with Gasteiger partial charge >= 0.3 is 0 Å². The fourth-order valence-corrected chi connectivity index (χ4v) is 6.20. The van der Waals surface area contributed by atoms with Crippen molar-refractivity contribution in [1.82, 2.24) is 0 Å². The van der Waals surface area contributed by atoms with Crippen molar-refractivity contribution in [2.24, 2.45) is 22.7 Å². The summed E-state index contributed by atoms with van der Waals surface area (Å²) >= 11 is 6.79. The predicted octanol–water partition coefficient (Wildman–Crippen LogP) is 4.41. The molecule has 6 atom stereocenters. The van der Waals surface area contributed by atoms with Crippen molar-refractivity contribution in [3.8, 4) is 6.07 Å². The molecule has 3 aliphatic rings. The monoisotopic (exact) mass is 352 g/mol.